The molecule has 2 amide bonds. The number of carbonyl (C=O) groups excluding carboxylic acids is 2. The SMILES string of the molecule is CC(C(=O)NCCC1=CCCCC1)N(Cc1ccccc1)C(=O)CN(C)S(C)(=O)=O. The van der Waals surface area contributed by atoms with Gasteiger partial charge >= 0.3 is 0 Å². The van der Waals surface area contributed by atoms with Crippen LogP contribution in [-0.2, 0) is 26.2 Å². The average Bonchev–Trinajstić information content (AvgIpc) is 2.72. The van der Waals surface area contributed by atoms with Crippen LogP contribution in [0.1, 0.15) is 44.6 Å². The maximum Gasteiger partial charge on any atom is 0.242 e. The molecule has 1 aromatic rings. The summed E-state index contributed by atoms with van der Waals surface area (Å²) in [6.07, 6.45) is 8.74. The number of sulfonamides is 1. The first-order valence-corrected chi connectivity index (χ1v) is 12.2. The van der Waals surface area contributed by atoms with E-state index in [-0.39, 0.29) is 19.0 Å². The topological polar surface area (TPSA) is 86.8 Å². The second-order valence-electron chi connectivity index (χ2n) is 7.85. The summed E-state index contributed by atoms with van der Waals surface area (Å²) in [5, 5.41) is 2.93. The van der Waals surface area contributed by atoms with Crippen molar-refractivity contribution in [1.82, 2.24) is 14.5 Å². The van der Waals surface area contributed by atoms with E-state index in [2.05, 4.69) is 11.4 Å². The lowest BCUT2D eigenvalue weighted by Crippen LogP contribution is -2.50. The van der Waals surface area contributed by atoms with Crippen LogP contribution in [0.3, 0.4) is 0 Å². The maximum absolute atomic E-state index is 12.9. The van der Waals surface area contributed by atoms with Crippen molar-refractivity contribution < 1.29 is 18.0 Å². The zero-order valence-electron chi connectivity index (χ0n) is 18.1. The molecular weight excluding hydrogens is 402 g/mol. The highest BCUT2D eigenvalue weighted by molar-refractivity contribution is 7.88. The van der Waals surface area contributed by atoms with Gasteiger partial charge in [-0.1, -0.05) is 42.0 Å². The van der Waals surface area contributed by atoms with Crippen LogP contribution in [0.15, 0.2) is 42.0 Å². The van der Waals surface area contributed by atoms with E-state index in [1.165, 1.54) is 30.4 Å². The van der Waals surface area contributed by atoms with Gasteiger partial charge in [-0.3, -0.25) is 9.59 Å². The van der Waals surface area contributed by atoms with E-state index in [4.69, 9.17) is 0 Å². The van der Waals surface area contributed by atoms with Gasteiger partial charge in [0.25, 0.3) is 0 Å². The summed E-state index contributed by atoms with van der Waals surface area (Å²) in [6.45, 7) is 2.13. The van der Waals surface area contributed by atoms with Crippen molar-refractivity contribution in [3.63, 3.8) is 0 Å². The highest BCUT2D eigenvalue weighted by atomic mass is 32.2. The predicted molar refractivity (Wildman–Crippen MR) is 118 cm³/mol. The second-order valence-corrected chi connectivity index (χ2v) is 9.94. The number of rotatable bonds is 10. The Balaban J connectivity index is 2.04. The standard InChI is InChI=1S/C22H33N3O4S/c1-18(22(27)23-15-14-19-10-6-4-7-11-19)25(16-20-12-8-5-9-13-20)21(26)17-24(2)30(3,28)29/h5,8-10,12-13,18H,4,6-7,11,14-17H2,1-3H3,(H,23,27). The summed E-state index contributed by atoms with van der Waals surface area (Å²) in [4.78, 5) is 27.1. The number of nitrogens with zero attached hydrogens (tertiary/aromatic N) is 2. The van der Waals surface area contributed by atoms with E-state index >= 15 is 0 Å². The molecule has 0 radical (unpaired) electrons. The Hall–Kier alpha value is -2.19. The minimum Gasteiger partial charge on any atom is -0.354 e. The molecule has 166 valence electrons. The zero-order valence-corrected chi connectivity index (χ0v) is 19.0. The van der Waals surface area contributed by atoms with Gasteiger partial charge in [0, 0.05) is 20.1 Å². The molecule has 1 N–H and O–H groups in total. The van der Waals surface area contributed by atoms with E-state index in [0.717, 1.165) is 35.4 Å². The van der Waals surface area contributed by atoms with Crippen LogP contribution < -0.4 is 5.32 Å². The maximum atomic E-state index is 12.9. The van der Waals surface area contributed by atoms with Crippen LogP contribution >= 0.6 is 0 Å². The van der Waals surface area contributed by atoms with Gasteiger partial charge in [-0.25, -0.2) is 8.42 Å². The number of amides is 2. The third-order valence-corrected chi connectivity index (χ3v) is 6.68. The fourth-order valence-electron chi connectivity index (χ4n) is 3.39. The molecule has 2 rings (SSSR count). The van der Waals surface area contributed by atoms with Crippen LogP contribution in [0.5, 0.6) is 0 Å². The first-order valence-electron chi connectivity index (χ1n) is 10.4. The second kappa shape index (κ2) is 11.3. The van der Waals surface area contributed by atoms with Crippen LogP contribution in [-0.4, -0.2) is 61.9 Å². The fraction of sp³-hybridized carbons (Fsp3) is 0.545. The van der Waals surface area contributed by atoms with Gasteiger partial charge in [0.2, 0.25) is 21.8 Å². The molecule has 1 aromatic carbocycles. The van der Waals surface area contributed by atoms with Crippen molar-refractivity contribution in [2.45, 2.75) is 51.6 Å². The molecule has 8 heteroatoms. The molecule has 1 aliphatic rings. The van der Waals surface area contributed by atoms with Gasteiger partial charge < -0.3 is 10.2 Å². The largest absolute Gasteiger partial charge is 0.354 e. The Labute approximate surface area is 180 Å². The molecule has 0 heterocycles. The van der Waals surface area contributed by atoms with Gasteiger partial charge in [0.05, 0.1) is 12.8 Å². The average molecular weight is 436 g/mol. The number of allylic oxidation sites excluding steroid dienone is 1. The van der Waals surface area contributed by atoms with Crippen LogP contribution in [0.25, 0.3) is 0 Å². The van der Waals surface area contributed by atoms with Gasteiger partial charge in [0.15, 0.2) is 0 Å². The summed E-state index contributed by atoms with van der Waals surface area (Å²) >= 11 is 0. The molecule has 0 saturated heterocycles. The van der Waals surface area contributed by atoms with Gasteiger partial charge in [-0.2, -0.15) is 4.31 Å². The fourth-order valence-corrected chi connectivity index (χ4v) is 3.73. The van der Waals surface area contributed by atoms with Crippen molar-refractivity contribution in [2.75, 3.05) is 26.4 Å². The summed E-state index contributed by atoms with van der Waals surface area (Å²) in [5.74, 6) is -0.651. The Morgan fingerprint density at radius 3 is 2.47 bits per heavy atom. The molecule has 1 unspecified atom stereocenters. The van der Waals surface area contributed by atoms with E-state index < -0.39 is 22.0 Å². The molecular formula is C22H33N3O4S. The number of hydrogen-bond acceptors (Lipinski definition) is 4. The van der Waals surface area contributed by atoms with E-state index in [9.17, 15) is 18.0 Å². The molecule has 0 spiro atoms. The van der Waals surface area contributed by atoms with E-state index in [1.807, 2.05) is 30.3 Å². The van der Waals surface area contributed by atoms with Crippen molar-refractivity contribution in [3.05, 3.63) is 47.5 Å². The van der Waals surface area contributed by atoms with Crippen LogP contribution in [0.2, 0.25) is 0 Å². The molecule has 1 atom stereocenters. The normalized spacial score (nSPS) is 15.4. The minimum absolute atomic E-state index is 0.233. The van der Waals surface area contributed by atoms with Gasteiger partial charge in [-0.15, -0.1) is 0 Å². The van der Waals surface area contributed by atoms with Gasteiger partial charge in [0.1, 0.15) is 6.04 Å². The quantitative estimate of drug-likeness (QED) is 0.572. The molecule has 7 nitrogen and oxygen atoms in total. The highest BCUT2D eigenvalue weighted by Crippen LogP contribution is 2.19. The summed E-state index contributed by atoms with van der Waals surface area (Å²) in [6, 6.07) is 8.64. The van der Waals surface area contributed by atoms with Crippen LogP contribution in [0, 0.1) is 0 Å². The number of hydrogen-bond donors (Lipinski definition) is 1. The Morgan fingerprint density at radius 2 is 1.87 bits per heavy atom. The molecule has 0 aromatic heterocycles. The molecule has 0 aliphatic heterocycles. The van der Waals surface area contributed by atoms with E-state index in [1.54, 1.807) is 6.92 Å². The van der Waals surface area contributed by atoms with Crippen LogP contribution in [0.4, 0.5) is 0 Å². The Morgan fingerprint density at radius 1 is 1.17 bits per heavy atom. The summed E-state index contributed by atoms with van der Waals surface area (Å²) in [7, 11) is -2.14. The van der Waals surface area contributed by atoms with Crippen molar-refractivity contribution >= 4 is 21.8 Å². The lowest BCUT2D eigenvalue weighted by atomic mass is 9.97. The number of likely N-dealkylation sites (N-methyl/N-ethyl adjacent to an activating group) is 1. The first kappa shape index (κ1) is 24.1. The molecule has 0 saturated carbocycles. The van der Waals surface area contributed by atoms with E-state index in [0.29, 0.717) is 6.54 Å². The molecule has 0 bridgehead atoms. The van der Waals surface area contributed by atoms with Crippen molar-refractivity contribution in [1.29, 1.82) is 0 Å². The highest BCUT2D eigenvalue weighted by Gasteiger charge is 2.28. The number of nitrogens with one attached hydrogen (secondary N) is 1. The molecule has 30 heavy (non-hydrogen) atoms. The zero-order chi connectivity index (χ0) is 22.1. The molecule has 0 fully saturated rings. The lowest BCUT2D eigenvalue weighted by Gasteiger charge is -2.30. The first-order chi connectivity index (χ1) is 14.2. The smallest absolute Gasteiger partial charge is 0.242 e. The summed E-state index contributed by atoms with van der Waals surface area (Å²) in [5.41, 5.74) is 2.25. The third kappa shape index (κ3) is 7.57. The third-order valence-electron chi connectivity index (χ3n) is 5.42. The Bertz CT molecular complexity index is 852. The Kier molecular flexibility index (Phi) is 9.05. The number of carbonyl (C=O) groups is 2. The van der Waals surface area contributed by atoms with Gasteiger partial charge in [-0.05, 0) is 44.6 Å². The predicted octanol–water partition coefficient (Wildman–Crippen LogP) is 2.30. The summed E-state index contributed by atoms with van der Waals surface area (Å²) < 4.78 is 24.4. The van der Waals surface area contributed by atoms with Crippen molar-refractivity contribution in [2.24, 2.45) is 0 Å². The number of benzene rings is 1. The lowest BCUT2D eigenvalue weighted by molar-refractivity contribution is -0.140. The monoisotopic (exact) mass is 435 g/mol. The van der Waals surface area contributed by atoms with Crippen molar-refractivity contribution in [3.8, 4) is 0 Å². The molecule has 1 aliphatic carbocycles. The minimum atomic E-state index is -3.50.